The maximum Gasteiger partial charge on any atom is 0.419 e. The van der Waals surface area contributed by atoms with Crippen LogP contribution < -0.4 is 16.1 Å². The highest BCUT2D eigenvalue weighted by molar-refractivity contribution is 7.17. The number of fused-ring (bicyclic) bond motifs is 1. The Labute approximate surface area is 231 Å². The van der Waals surface area contributed by atoms with Gasteiger partial charge in [0.25, 0.3) is 11.5 Å². The molecule has 0 saturated heterocycles. The Morgan fingerprint density at radius 2 is 1.77 bits per heavy atom. The van der Waals surface area contributed by atoms with Crippen LogP contribution in [0, 0.1) is 11.7 Å². The molecule has 1 aromatic carbocycles. The summed E-state index contributed by atoms with van der Waals surface area (Å²) in [4.78, 5) is 54.5. The van der Waals surface area contributed by atoms with Gasteiger partial charge in [-0.15, -0.1) is 22.7 Å². The summed E-state index contributed by atoms with van der Waals surface area (Å²) in [5, 5.41) is 3.24. The van der Waals surface area contributed by atoms with E-state index in [1.807, 2.05) is 0 Å². The normalized spacial score (nSPS) is 12.5. The molecule has 0 unspecified atom stereocenters. The fourth-order valence-electron chi connectivity index (χ4n) is 3.84. The van der Waals surface area contributed by atoms with E-state index in [0.717, 1.165) is 33.3 Å². The minimum Gasteiger partial charge on any atom is -0.444 e. The third-order valence-electron chi connectivity index (χ3n) is 5.98. The van der Waals surface area contributed by atoms with Crippen LogP contribution >= 0.6 is 22.7 Å². The molecule has 4 aromatic rings. The van der Waals surface area contributed by atoms with Crippen molar-refractivity contribution in [3.8, 4) is 11.3 Å². The van der Waals surface area contributed by atoms with E-state index in [4.69, 9.17) is 4.74 Å². The molecule has 1 amide bonds. The summed E-state index contributed by atoms with van der Waals surface area (Å²) in [6.45, 7) is 2.77. The van der Waals surface area contributed by atoms with Gasteiger partial charge in [-0.25, -0.2) is 9.18 Å². The lowest BCUT2D eigenvalue weighted by molar-refractivity contribution is -0.151. The molecule has 4 rings (SSSR count). The van der Waals surface area contributed by atoms with Crippen LogP contribution in [0.1, 0.15) is 25.0 Å². The minimum atomic E-state index is -4.88. The minimum absolute atomic E-state index is 0.0386. The van der Waals surface area contributed by atoms with Crippen molar-refractivity contribution in [3.05, 3.63) is 71.5 Å². The molecule has 0 aliphatic heterocycles. The molecule has 0 radical (unpaired) electrons. The first-order chi connectivity index (χ1) is 18.7. The highest BCUT2D eigenvalue weighted by atomic mass is 32.1. The lowest BCUT2D eigenvalue weighted by atomic mass is 10.1. The van der Waals surface area contributed by atoms with Gasteiger partial charge in [0, 0.05) is 25.0 Å². The van der Waals surface area contributed by atoms with Crippen molar-refractivity contribution in [3.63, 3.8) is 0 Å². The molecule has 0 saturated carbocycles. The van der Waals surface area contributed by atoms with Crippen molar-refractivity contribution in [2.75, 3.05) is 0 Å². The van der Waals surface area contributed by atoms with Gasteiger partial charge in [0.2, 0.25) is 0 Å². The average Bonchev–Trinajstić information content (AvgIpc) is 3.47. The second-order valence-electron chi connectivity index (χ2n) is 9.10. The molecule has 3 heterocycles. The second kappa shape index (κ2) is 11.0. The van der Waals surface area contributed by atoms with E-state index in [-0.39, 0.29) is 27.9 Å². The van der Waals surface area contributed by atoms with E-state index < -0.39 is 53.3 Å². The number of hydrogen-bond acceptors (Lipinski definition) is 7. The molecule has 0 N–H and O–H groups in total. The van der Waals surface area contributed by atoms with Crippen molar-refractivity contribution in [2.24, 2.45) is 25.0 Å². The summed E-state index contributed by atoms with van der Waals surface area (Å²) >= 11 is 2.06. The Bertz CT molecular complexity index is 1830. The third kappa shape index (κ3) is 5.56. The van der Waals surface area contributed by atoms with E-state index >= 15 is 0 Å². The van der Waals surface area contributed by atoms with E-state index in [0.29, 0.717) is 22.5 Å². The molecule has 40 heavy (non-hydrogen) atoms. The molecule has 0 aliphatic carbocycles. The SMILES string of the molecule is CC(C)C(=O)OCn1c(-c2ccc(C(F)(F)F)c(F)c2)cs/c1=N\C(=O)Cc1csc2c1c(=O)n(C)c(=O)n2C. The number of rotatable bonds is 6. The number of aryl methyl sites for hydroxylation is 1. The first kappa shape index (κ1) is 29.1. The molecular weight excluding hydrogens is 576 g/mol. The van der Waals surface area contributed by atoms with Gasteiger partial charge >= 0.3 is 17.8 Å². The number of hydrogen-bond donors (Lipinski definition) is 0. The number of thiazole rings is 1. The summed E-state index contributed by atoms with van der Waals surface area (Å²) in [6.07, 6.45) is -5.17. The highest BCUT2D eigenvalue weighted by Crippen LogP contribution is 2.33. The van der Waals surface area contributed by atoms with Gasteiger partial charge < -0.3 is 4.74 Å². The largest absolute Gasteiger partial charge is 0.444 e. The summed E-state index contributed by atoms with van der Waals surface area (Å²) < 4.78 is 62.2. The lowest BCUT2D eigenvalue weighted by Gasteiger charge is -2.13. The molecular formula is C25H22F4N4O5S2. The molecule has 15 heteroatoms. The standard InChI is InChI=1S/C25H22F4N4O5S2/c1-12(2)22(36)38-11-33-17(13-5-6-15(16(26)7-13)25(27,28)29)10-40-23(33)30-18(34)8-14-9-39-21-19(14)20(35)31(3)24(37)32(21)4/h5-7,9-10,12H,8,11H2,1-4H3/b30-23-. The molecule has 212 valence electrons. The Kier molecular flexibility index (Phi) is 7.99. The number of carbonyl (C=O) groups excluding carboxylic acids is 2. The molecule has 9 nitrogen and oxygen atoms in total. The monoisotopic (exact) mass is 598 g/mol. The summed E-state index contributed by atoms with van der Waals surface area (Å²) in [5.41, 5.74) is -1.92. The zero-order valence-corrected chi connectivity index (χ0v) is 23.2. The molecule has 0 spiro atoms. The van der Waals surface area contributed by atoms with Crippen LogP contribution in [0.5, 0.6) is 0 Å². The number of halogens is 4. The summed E-state index contributed by atoms with van der Waals surface area (Å²) in [6, 6.07) is 2.37. The predicted molar refractivity (Wildman–Crippen MR) is 140 cm³/mol. The van der Waals surface area contributed by atoms with Crippen molar-refractivity contribution >= 4 is 44.8 Å². The Balaban J connectivity index is 1.76. The smallest absolute Gasteiger partial charge is 0.419 e. The molecule has 0 bridgehead atoms. The van der Waals surface area contributed by atoms with Gasteiger partial charge in [0.1, 0.15) is 10.6 Å². The van der Waals surface area contributed by atoms with E-state index in [1.54, 1.807) is 19.2 Å². The predicted octanol–water partition coefficient (Wildman–Crippen LogP) is 3.81. The van der Waals surface area contributed by atoms with Gasteiger partial charge in [-0.3, -0.25) is 28.1 Å². The maximum absolute atomic E-state index is 14.3. The van der Waals surface area contributed by atoms with Crippen LogP contribution in [0.15, 0.2) is 43.5 Å². The Hall–Kier alpha value is -3.85. The molecule has 3 aromatic heterocycles. The second-order valence-corrected chi connectivity index (χ2v) is 10.8. The van der Waals surface area contributed by atoms with Gasteiger partial charge in [0.05, 0.1) is 29.0 Å². The first-order valence-corrected chi connectivity index (χ1v) is 13.4. The van der Waals surface area contributed by atoms with Crippen LogP contribution in [0.2, 0.25) is 0 Å². The quantitative estimate of drug-likeness (QED) is 0.248. The number of nitrogens with zero attached hydrogens (tertiary/aromatic N) is 4. The zero-order valence-electron chi connectivity index (χ0n) is 21.5. The Morgan fingerprint density at radius 1 is 1.07 bits per heavy atom. The Morgan fingerprint density at radius 3 is 2.40 bits per heavy atom. The van der Waals surface area contributed by atoms with Crippen molar-refractivity contribution in [1.82, 2.24) is 13.7 Å². The molecule has 0 atom stereocenters. The van der Waals surface area contributed by atoms with Gasteiger partial charge in [-0.1, -0.05) is 19.9 Å². The van der Waals surface area contributed by atoms with Crippen molar-refractivity contribution < 1.29 is 31.9 Å². The number of ether oxygens (including phenoxy) is 1. The topological polar surface area (TPSA) is 105 Å². The number of aromatic nitrogens is 3. The summed E-state index contributed by atoms with van der Waals surface area (Å²) in [7, 11) is 2.84. The number of esters is 1. The van der Waals surface area contributed by atoms with E-state index in [9.17, 15) is 36.7 Å². The van der Waals surface area contributed by atoms with Crippen LogP contribution in [-0.2, 0) is 47.7 Å². The van der Waals surface area contributed by atoms with Gasteiger partial charge in [-0.05, 0) is 23.1 Å². The maximum atomic E-state index is 14.3. The molecule has 0 fully saturated rings. The number of alkyl halides is 3. The highest BCUT2D eigenvalue weighted by Gasteiger charge is 2.34. The van der Waals surface area contributed by atoms with E-state index in [2.05, 4.69) is 4.99 Å². The van der Waals surface area contributed by atoms with Crippen LogP contribution in [-0.4, -0.2) is 25.6 Å². The van der Waals surface area contributed by atoms with E-state index in [1.165, 1.54) is 28.6 Å². The number of benzene rings is 1. The first-order valence-electron chi connectivity index (χ1n) is 11.7. The van der Waals surface area contributed by atoms with Crippen molar-refractivity contribution in [1.29, 1.82) is 0 Å². The van der Waals surface area contributed by atoms with Crippen LogP contribution in [0.4, 0.5) is 17.6 Å². The molecule has 0 aliphatic rings. The van der Waals surface area contributed by atoms with Crippen LogP contribution in [0.25, 0.3) is 21.5 Å². The van der Waals surface area contributed by atoms with Gasteiger partial charge in [0.15, 0.2) is 11.5 Å². The third-order valence-corrected chi connectivity index (χ3v) is 7.95. The van der Waals surface area contributed by atoms with Crippen LogP contribution in [0.3, 0.4) is 0 Å². The summed E-state index contributed by atoms with van der Waals surface area (Å²) in [5.74, 6) is -3.23. The zero-order chi connectivity index (χ0) is 29.5. The number of thiophene rings is 1. The fourth-order valence-corrected chi connectivity index (χ4v) is 5.78. The average molecular weight is 599 g/mol. The van der Waals surface area contributed by atoms with Gasteiger partial charge in [-0.2, -0.15) is 18.2 Å². The number of carbonyl (C=O) groups is 2. The number of amides is 1. The fraction of sp³-hybridized carbons (Fsp3) is 0.320. The lowest BCUT2D eigenvalue weighted by Crippen LogP contribution is -2.36. The van der Waals surface area contributed by atoms with Crippen molar-refractivity contribution in [2.45, 2.75) is 33.2 Å².